The van der Waals surface area contributed by atoms with Crippen LogP contribution in [-0.2, 0) is 0 Å². The topological polar surface area (TPSA) is 12.0 Å². The SMILES string of the molecule is CNC(c1cc(C)cc(Cl)c1)c1cc(F)c(Br)cc1F. The van der Waals surface area contributed by atoms with Crippen LogP contribution in [0.5, 0.6) is 0 Å². The second kappa shape index (κ2) is 6.20. The van der Waals surface area contributed by atoms with E-state index in [2.05, 4.69) is 21.2 Å². The van der Waals surface area contributed by atoms with E-state index in [4.69, 9.17) is 11.6 Å². The monoisotopic (exact) mass is 359 g/mol. The number of halogens is 4. The van der Waals surface area contributed by atoms with E-state index in [-0.39, 0.29) is 10.0 Å². The Morgan fingerprint density at radius 1 is 1.10 bits per heavy atom. The Labute approximate surface area is 130 Å². The van der Waals surface area contributed by atoms with Crippen LogP contribution in [-0.4, -0.2) is 7.05 Å². The molecule has 2 aromatic carbocycles. The van der Waals surface area contributed by atoms with Crippen molar-refractivity contribution < 1.29 is 8.78 Å². The Hall–Kier alpha value is -0.970. The van der Waals surface area contributed by atoms with Crippen LogP contribution in [0.3, 0.4) is 0 Å². The van der Waals surface area contributed by atoms with Crippen molar-refractivity contribution in [3.05, 3.63) is 68.2 Å². The molecule has 1 nitrogen and oxygen atoms in total. The lowest BCUT2D eigenvalue weighted by molar-refractivity contribution is 0.554. The van der Waals surface area contributed by atoms with Gasteiger partial charge >= 0.3 is 0 Å². The third-order valence-corrected chi connectivity index (χ3v) is 3.86. The Balaban J connectivity index is 2.55. The van der Waals surface area contributed by atoms with E-state index in [9.17, 15) is 8.78 Å². The van der Waals surface area contributed by atoms with Crippen molar-refractivity contribution >= 4 is 27.5 Å². The van der Waals surface area contributed by atoms with Crippen molar-refractivity contribution in [2.45, 2.75) is 13.0 Å². The highest BCUT2D eigenvalue weighted by Crippen LogP contribution is 2.30. The summed E-state index contributed by atoms with van der Waals surface area (Å²) in [6, 6.07) is 7.32. The number of aryl methyl sites for hydroxylation is 1. The molecular formula is C15H13BrClF2N. The van der Waals surface area contributed by atoms with E-state index in [0.29, 0.717) is 5.02 Å². The first-order valence-electron chi connectivity index (χ1n) is 6.01. The highest BCUT2D eigenvalue weighted by molar-refractivity contribution is 9.10. The smallest absolute Gasteiger partial charge is 0.137 e. The highest BCUT2D eigenvalue weighted by Gasteiger charge is 2.19. The van der Waals surface area contributed by atoms with Crippen molar-refractivity contribution in [3.8, 4) is 0 Å². The third kappa shape index (κ3) is 3.19. The normalized spacial score (nSPS) is 12.5. The van der Waals surface area contributed by atoms with Gasteiger partial charge in [-0.25, -0.2) is 8.78 Å². The largest absolute Gasteiger partial charge is 0.309 e. The molecule has 0 fully saturated rings. The Bertz CT molecular complexity index is 626. The molecule has 0 aromatic heterocycles. The molecular weight excluding hydrogens is 348 g/mol. The fourth-order valence-corrected chi connectivity index (χ4v) is 2.81. The molecule has 2 rings (SSSR count). The lowest BCUT2D eigenvalue weighted by Crippen LogP contribution is -2.19. The third-order valence-electron chi connectivity index (χ3n) is 3.04. The summed E-state index contributed by atoms with van der Waals surface area (Å²) in [6.07, 6.45) is 0. The van der Waals surface area contributed by atoms with Gasteiger partial charge in [-0.15, -0.1) is 0 Å². The van der Waals surface area contributed by atoms with Crippen molar-refractivity contribution in [2.75, 3.05) is 7.05 Å². The standard InChI is InChI=1S/C15H13BrClF2N/c1-8-3-9(5-10(17)4-8)15(20-2)11-6-14(19)12(16)7-13(11)18/h3-7,15,20H,1-2H3. The minimum absolute atomic E-state index is 0.107. The van der Waals surface area contributed by atoms with Crippen LogP contribution in [0.15, 0.2) is 34.8 Å². The van der Waals surface area contributed by atoms with Gasteiger partial charge in [0.2, 0.25) is 0 Å². The summed E-state index contributed by atoms with van der Waals surface area (Å²) in [5.41, 5.74) is 2.00. The second-order valence-electron chi connectivity index (χ2n) is 4.57. The van der Waals surface area contributed by atoms with Gasteiger partial charge < -0.3 is 5.32 Å². The van der Waals surface area contributed by atoms with Gasteiger partial charge in [-0.3, -0.25) is 0 Å². The first-order chi connectivity index (χ1) is 9.42. The van der Waals surface area contributed by atoms with Crippen LogP contribution in [0.25, 0.3) is 0 Å². The van der Waals surface area contributed by atoms with Crippen LogP contribution in [0.1, 0.15) is 22.7 Å². The maximum Gasteiger partial charge on any atom is 0.137 e. The summed E-state index contributed by atoms with van der Waals surface area (Å²) in [4.78, 5) is 0. The van der Waals surface area contributed by atoms with Crippen molar-refractivity contribution in [2.24, 2.45) is 0 Å². The molecule has 0 heterocycles. The summed E-state index contributed by atoms with van der Waals surface area (Å²) in [5, 5.41) is 3.56. The number of rotatable bonds is 3. The summed E-state index contributed by atoms with van der Waals surface area (Å²) in [6.45, 7) is 1.90. The molecule has 0 aliphatic heterocycles. The quantitative estimate of drug-likeness (QED) is 0.760. The lowest BCUT2D eigenvalue weighted by atomic mass is 9.97. The van der Waals surface area contributed by atoms with Crippen LogP contribution >= 0.6 is 27.5 Å². The molecule has 0 saturated heterocycles. The molecule has 0 saturated carbocycles. The summed E-state index contributed by atoms with van der Waals surface area (Å²) < 4.78 is 27.9. The fraction of sp³-hybridized carbons (Fsp3) is 0.200. The van der Waals surface area contributed by atoms with Crippen molar-refractivity contribution in [1.29, 1.82) is 0 Å². The molecule has 1 atom stereocenters. The molecule has 1 unspecified atom stereocenters. The van der Waals surface area contributed by atoms with Crippen molar-refractivity contribution in [3.63, 3.8) is 0 Å². The zero-order valence-electron chi connectivity index (χ0n) is 11.0. The predicted molar refractivity (Wildman–Crippen MR) is 81.1 cm³/mol. The molecule has 0 radical (unpaired) electrons. The maximum absolute atomic E-state index is 14.1. The summed E-state index contributed by atoms with van der Waals surface area (Å²) in [7, 11) is 1.69. The zero-order valence-corrected chi connectivity index (χ0v) is 13.3. The van der Waals surface area contributed by atoms with Gasteiger partial charge in [0.05, 0.1) is 10.5 Å². The van der Waals surface area contributed by atoms with Gasteiger partial charge in [0, 0.05) is 10.6 Å². The van der Waals surface area contributed by atoms with E-state index >= 15 is 0 Å². The van der Waals surface area contributed by atoms with Gasteiger partial charge in [-0.1, -0.05) is 17.7 Å². The highest BCUT2D eigenvalue weighted by atomic mass is 79.9. The van der Waals surface area contributed by atoms with Gasteiger partial charge in [-0.2, -0.15) is 0 Å². The van der Waals surface area contributed by atoms with E-state index < -0.39 is 17.7 Å². The molecule has 5 heteroatoms. The minimum atomic E-state index is -0.500. The average molecular weight is 361 g/mol. The molecule has 106 valence electrons. The van der Waals surface area contributed by atoms with Crippen molar-refractivity contribution in [1.82, 2.24) is 5.32 Å². The first-order valence-corrected chi connectivity index (χ1v) is 7.18. The van der Waals surface area contributed by atoms with E-state index in [0.717, 1.165) is 17.2 Å². The molecule has 0 spiro atoms. The van der Waals surface area contributed by atoms with E-state index in [1.54, 1.807) is 13.1 Å². The number of hydrogen-bond donors (Lipinski definition) is 1. The number of nitrogens with one attached hydrogen (secondary N) is 1. The molecule has 2 aromatic rings. The van der Waals surface area contributed by atoms with Crippen LogP contribution in [0.4, 0.5) is 8.78 Å². The van der Waals surface area contributed by atoms with Crippen LogP contribution < -0.4 is 5.32 Å². The fourth-order valence-electron chi connectivity index (χ4n) is 2.19. The zero-order chi connectivity index (χ0) is 14.9. The van der Waals surface area contributed by atoms with Gasteiger partial charge in [0.15, 0.2) is 0 Å². The number of benzene rings is 2. The molecule has 0 aliphatic rings. The van der Waals surface area contributed by atoms with E-state index in [1.807, 2.05) is 19.1 Å². The number of hydrogen-bond acceptors (Lipinski definition) is 1. The summed E-state index contributed by atoms with van der Waals surface area (Å²) in [5.74, 6) is -0.976. The predicted octanol–water partition coefficient (Wildman–Crippen LogP) is 5.00. The minimum Gasteiger partial charge on any atom is -0.309 e. The lowest BCUT2D eigenvalue weighted by Gasteiger charge is -2.19. The Kier molecular flexibility index (Phi) is 4.78. The Morgan fingerprint density at radius 3 is 2.40 bits per heavy atom. The maximum atomic E-state index is 14.1. The average Bonchev–Trinajstić information content (AvgIpc) is 2.35. The van der Waals surface area contributed by atoms with Gasteiger partial charge in [0.25, 0.3) is 0 Å². The molecule has 0 bridgehead atoms. The summed E-state index contributed by atoms with van der Waals surface area (Å²) >= 11 is 9.01. The van der Waals surface area contributed by atoms with Gasteiger partial charge in [0.1, 0.15) is 11.6 Å². The first kappa shape index (κ1) is 15.4. The molecule has 1 N–H and O–H groups in total. The van der Waals surface area contributed by atoms with Gasteiger partial charge in [-0.05, 0) is 65.3 Å². The molecule has 20 heavy (non-hydrogen) atoms. The molecule has 0 aliphatic carbocycles. The Morgan fingerprint density at radius 2 is 1.80 bits per heavy atom. The molecule has 0 amide bonds. The van der Waals surface area contributed by atoms with Crippen LogP contribution in [0.2, 0.25) is 5.02 Å². The second-order valence-corrected chi connectivity index (χ2v) is 5.86. The van der Waals surface area contributed by atoms with E-state index in [1.165, 1.54) is 6.07 Å². The van der Waals surface area contributed by atoms with Crippen LogP contribution in [0, 0.1) is 18.6 Å².